The minimum atomic E-state index is -0.0687. The predicted octanol–water partition coefficient (Wildman–Crippen LogP) is 17.1. The SMILES string of the molecule is CCCCCCCCC(=Nc1ccc(CCCC)c(CCCC)c1)C(CCCCC)=Nc1ccc(CCCC)c(CCCC)c1.Cc1ccc2cc(O)c(O)cc2c1C. The Bertz CT molecular complexity index is 1870. The molecule has 0 fully saturated rings. The van der Waals surface area contributed by atoms with E-state index in [9.17, 15) is 10.2 Å². The third-order valence-corrected chi connectivity index (χ3v) is 11.9. The van der Waals surface area contributed by atoms with Crippen molar-refractivity contribution in [2.75, 3.05) is 0 Å². The first-order valence-corrected chi connectivity index (χ1v) is 24.0. The molecule has 4 nitrogen and oxygen atoms in total. The fourth-order valence-electron chi connectivity index (χ4n) is 7.85. The van der Waals surface area contributed by atoms with Gasteiger partial charge in [-0.15, -0.1) is 0 Å². The van der Waals surface area contributed by atoms with Gasteiger partial charge in [-0.05, 0) is 171 Å². The maximum Gasteiger partial charge on any atom is 0.158 e. The van der Waals surface area contributed by atoms with Crippen molar-refractivity contribution in [1.82, 2.24) is 0 Å². The number of aryl methyl sites for hydroxylation is 6. The molecule has 324 valence electrons. The molecule has 0 aliphatic heterocycles. The second-order valence-electron chi connectivity index (χ2n) is 17.0. The summed E-state index contributed by atoms with van der Waals surface area (Å²) in [6.07, 6.45) is 28.2. The number of unbranched alkanes of at least 4 members (excludes halogenated alkanes) is 11. The van der Waals surface area contributed by atoms with E-state index in [0.29, 0.717) is 0 Å². The quantitative estimate of drug-likeness (QED) is 0.0377. The maximum atomic E-state index is 9.38. The highest BCUT2D eigenvalue weighted by Crippen LogP contribution is 2.33. The van der Waals surface area contributed by atoms with E-state index >= 15 is 0 Å². The number of phenolic OH excluding ortho intramolecular Hbond substituents is 2. The van der Waals surface area contributed by atoms with Crippen molar-refractivity contribution >= 4 is 33.6 Å². The Morgan fingerprint density at radius 2 is 0.831 bits per heavy atom. The molecule has 0 aliphatic carbocycles. The van der Waals surface area contributed by atoms with Crippen LogP contribution in [0.2, 0.25) is 0 Å². The Balaban J connectivity index is 0.000000552. The van der Waals surface area contributed by atoms with Gasteiger partial charge in [-0.25, -0.2) is 0 Å². The average Bonchev–Trinajstić information content (AvgIpc) is 3.24. The summed E-state index contributed by atoms with van der Waals surface area (Å²) in [7, 11) is 0. The molecule has 0 aliphatic rings. The number of phenols is 2. The molecule has 4 aromatic carbocycles. The third-order valence-electron chi connectivity index (χ3n) is 11.9. The lowest BCUT2D eigenvalue weighted by molar-refractivity contribution is 0.405. The summed E-state index contributed by atoms with van der Waals surface area (Å²) in [6, 6.07) is 21.3. The summed E-state index contributed by atoms with van der Waals surface area (Å²) in [6.45, 7) is 17.8. The lowest BCUT2D eigenvalue weighted by Gasteiger charge is -2.15. The highest BCUT2D eigenvalue weighted by Gasteiger charge is 2.14. The van der Waals surface area contributed by atoms with Gasteiger partial charge in [0.15, 0.2) is 11.5 Å². The Labute approximate surface area is 361 Å². The summed E-state index contributed by atoms with van der Waals surface area (Å²) in [4.78, 5) is 10.9. The summed E-state index contributed by atoms with van der Waals surface area (Å²) in [5.74, 6) is -0.132. The highest BCUT2D eigenvalue weighted by atomic mass is 16.3. The first-order valence-electron chi connectivity index (χ1n) is 24.0. The van der Waals surface area contributed by atoms with Crippen molar-refractivity contribution in [3.63, 3.8) is 0 Å². The van der Waals surface area contributed by atoms with Gasteiger partial charge in [0, 0.05) is 0 Å². The van der Waals surface area contributed by atoms with Crippen LogP contribution in [0.3, 0.4) is 0 Å². The van der Waals surface area contributed by atoms with E-state index in [0.717, 1.165) is 53.4 Å². The van der Waals surface area contributed by atoms with Crippen molar-refractivity contribution in [3.8, 4) is 11.5 Å². The molecule has 0 unspecified atom stereocenters. The molecule has 4 heteroatoms. The third kappa shape index (κ3) is 17.3. The molecule has 0 aromatic heterocycles. The van der Waals surface area contributed by atoms with Gasteiger partial charge in [0.2, 0.25) is 0 Å². The maximum absolute atomic E-state index is 9.38. The van der Waals surface area contributed by atoms with Crippen LogP contribution in [0.5, 0.6) is 11.5 Å². The number of nitrogens with zero attached hydrogens (tertiary/aromatic N) is 2. The van der Waals surface area contributed by atoms with E-state index in [1.165, 1.54) is 161 Å². The van der Waals surface area contributed by atoms with E-state index < -0.39 is 0 Å². The molecule has 0 atom stereocenters. The van der Waals surface area contributed by atoms with Gasteiger partial charge >= 0.3 is 0 Å². The standard InChI is InChI=1S/C43H70N2.C12H12O2/c1-7-13-19-20-21-23-29-43(45-41-33-31-37(25-16-10-4)39(35-41)27-18-12-6)42(28-22-14-8-2)44-40-32-30-36(24-15-9-3)38(34-40)26-17-11-5;1-7-3-4-9-5-11(13)12(14)6-10(9)8(7)2/h30-35H,7-29H2,1-6H3;3-6,13-14H,1-2H3. The van der Waals surface area contributed by atoms with E-state index in [1.807, 2.05) is 26.0 Å². The van der Waals surface area contributed by atoms with Crippen molar-refractivity contribution in [2.24, 2.45) is 9.98 Å². The zero-order valence-electron chi connectivity index (χ0n) is 38.8. The molecule has 2 N–H and O–H groups in total. The number of aromatic hydroxyl groups is 2. The molecule has 4 rings (SSSR count). The monoisotopic (exact) mass is 803 g/mol. The Hall–Kier alpha value is -3.92. The molecular formula is C55H82N2O2. The molecule has 0 heterocycles. The van der Waals surface area contributed by atoms with Crippen LogP contribution in [0.15, 0.2) is 70.6 Å². The first kappa shape index (κ1) is 49.4. The molecule has 0 radical (unpaired) electrons. The molecule has 59 heavy (non-hydrogen) atoms. The molecule has 0 saturated carbocycles. The topological polar surface area (TPSA) is 65.2 Å². The van der Waals surface area contributed by atoms with Gasteiger partial charge in [0.25, 0.3) is 0 Å². The van der Waals surface area contributed by atoms with Gasteiger partial charge in [0.1, 0.15) is 0 Å². The number of hydrogen-bond donors (Lipinski definition) is 2. The molecule has 0 bridgehead atoms. The predicted molar refractivity (Wildman–Crippen MR) is 260 cm³/mol. The number of rotatable bonds is 26. The van der Waals surface area contributed by atoms with Crippen LogP contribution >= 0.6 is 0 Å². The van der Waals surface area contributed by atoms with Crippen molar-refractivity contribution in [1.29, 1.82) is 0 Å². The summed E-state index contributed by atoms with van der Waals surface area (Å²) >= 11 is 0. The average molecular weight is 803 g/mol. The van der Waals surface area contributed by atoms with Crippen molar-refractivity contribution in [2.45, 2.75) is 203 Å². The van der Waals surface area contributed by atoms with Crippen molar-refractivity contribution in [3.05, 3.63) is 94.0 Å². The van der Waals surface area contributed by atoms with Crippen LogP contribution in [0.1, 0.15) is 197 Å². The minimum Gasteiger partial charge on any atom is -0.504 e. The largest absolute Gasteiger partial charge is 0.504 e. The molecule has 0 spiro atoms. The smallest absolute Gasteiger partial charge is 0.158 e. The Morgan fingerprint density at radius 1 is 0.424 bits per heavy atom. The Kier molecular flexibility index (Phi) is 23.9. The first-order chi connectivity index (χ1) is 28.7. The van der Waals surface area contributed by atoms with Crippen LogP contribution in [0.25, 0.3) is 10.8 Å². The molecule has 0 amide bonds. The molecular weight excluding hydrogens is 721 g/mol. The molecule has 4 aromatic rings. The normalized spacial score (nSPS) is 11.9. The van der Waals surface area contributed by atoms with Gasteiger partial charge in [-0.2, -0.15) is 0 Å². The number of aliphatic imine (C=N–C) groups is 2. The van der Waals surface area contributed by atoms with Crippen LogP contribution in [-0.2, 0) is 25.7 Å². The van der Waals surface area contributed by atoms with Crippen LogP contribution in [0, 0.1) is 13.8 Å². The zero-order valence-corrected chi connectivity index (χ0v) is 38.8. The van der Waals surface area contributed by atoms with Crippen LogP contribution in [-0.4, -0.2) is 21.6 Å². The van der Waals surface area contributed by atoms with Gasteiger partial charge in [-0.3, -0.25) is 9.98 Å². The van der Waals surface area contributed by atoms with Gasteiger partial charge < -0.3 is 10.2 Å². The van der Waals surface area contributed by atoms with E-state index in [1.54, 1.807) is 12.1 Å². The van der Waals surface area contributed by atoms with Crippen LogP contribution < -0.4 is 0 Å². The zero-order chi connectivity index (χ0) is 42.8. The number of hydrogen-bond acceptors (Lipinski definition) is 4. The van der Waals surface area contributed by atoms with E-state index in [4.69, 9.17) is 9.98 Å². The minimum absolute atomic E-state index is 0.0637. The molecule has 0 saturated heterocycles. The van der Waals surface area contributed by atoms with E-state index in [2.05, 4.69) is 77.9 Å². The van der Waals surface area contributed by atoms with Gasteiger partial charge in [0.05, 0.1) is 22.8 Å². The lowest BCUT2D eigenvalue weighted by Crippen LogP contribution is -2.14. The second kappa shape index (κ2) is 28.5. The fourth-order valence-corrected chi connectivity index (χ4v) is 7.85. The van der Waals surface area contributed by atoms with Crippen LogP contribution in [0.4, 0.5) is 11.4 Å². The lowest BCUT2D eigenvalue weighted by atomic mass is 9.96. The summed E-state index contributed by atoms with van der Waals surface area (Å²) in [5, 5.41) is 20.6. The van der Waals surface area contributed by atoms with Gasteiger partial charge in [-0.1, -0.05) is 136 Å². The van der Waals surface area contributed by atoms with Crippen molar-refractivity contribution < 1.29 is 10.2 Å². The van der Waals surface area contributed by atoms with E-state index in [-0.39, 0.29) is 11.5 Å². The highest BCUT2D eigenvalue weighted by molar-refractivity contribution is 6.43. The Morgan fingerprint density at radius 3 is 1.32 bits per heavy atom. The number of fused-ring (bicyclic) bond motifs is 1. The fraction of sp³-hybridized carbons (Fsp3) is 0.564. The summed E-state index contributed by atoms with van der Waals surface area (Å²) < 4.78 is 0. The number of benzene rings is 4. The second-order valence-corrected chi connectivity index (χ2v) is 17.0. The summed E-state index contributed by atoms with van der Waals surface area (Å²) in [5.41, 5.74) is 13.1.